The Morgan fingerprint density at radius 3 is 2.43 bits per heavy atom. The molecule has 5 nitrogen and oxygen atoms in total. The van der Waals surface area contributed by atoms with E-state index in [9.17, 15) is 9.59 Å². The predicted octanol–water partition coefficient (Wildman–Crippen LogP) is 2.11. The molecule has 0 aromatic heterocycles. The van der Waals surface area contributed by atoms with Crippen LogP contribution in [0.5, 0.6) is 0 Å². The Balaban J connectivity index is 1.46. The Morgan fingerprint density at radius 1 is 1.07 bits per heavy atom. The van der Waals surface area contributed by atoms with Crippen LogP contribution in [0, 0.1) is 0 Å². The van der Waals surface area contributed by atoms with Gasteiger partial charge in [0.15, 0.2) is 13.1 Å². The van der Waals surface area contributed by atoms with Crippen molar-refractivity contribution in [1.29, 1.82) is 0 Å². The van der Waals surface area contributed by atoms with Crippen molar-refractivity contribution in [3.63, 3.8) is 0 Å². The average Bonchev–Trinajstić information content (AvgIpc) is 2.70. The molecule has 3 rings (SSSR count). The van der Waals surface area contributed by atoms with Gasteiger partial charge in [-0.15, -0.1) is 0 Å². The second-order valence-corrected chi connectivity index (χ2v) is 7.49. The Labute approximate surface area is 170 Å². The summed E-state index contributed by atoms with van der Waals surface area (Å²) in [7, 11) is 1.86. The van der Waals surface area contributed by atoms with Crippen LogP contribution in [-0.4, -0.2) is 49.9 Å². The molecule has 0 saturated carbocycles. The third-order valence-corrected chi connectivity index (χ3v) is 5.00. The molecule has 1 aliphatic rings. The highest BCUT2D eigenvalue weighted by Gasteiger charge is 2.22. The van der Waals surface area contributed by atoms with E-state index in [1.54, 1.807) is 24.3 Å². The zero-order chi connectivity index (χ0) is 19.9. The zero-order valence-electron chi connectivity index (χ0n) is 16.0. The molecule has 2 aromatic carbocycles. The first-order chi connectivity index (χ1) is 13.5. The molecule has 146 valence electrons. The van der Waals surface area contributed by atoms with Crippen LogP contribution in [0.1, 0.15) is 12.0 Å². The Bertz CT molecular complexity index is 850. The van der Waals surface area contributed by atoms with Crippen molar-refractivity contribution in [2.75, 3.05) is 38.5 Å². The number of likely N-dealkylation sites (N-methyl/N-ethyl adjacent to an activating group) is 1. The minimum absolute atomic E-state index is 0.0696. The van der Waals surface area contributed by atoms with Crippen molar-refractivity contribution in [1.82, 2.24) is 4.90 Å². The fourth-order valence-electron chi connectivity index (χ4n) is 3.26. The number of hydrogen-bond donors (Lipinski definition) is 2. The molecule has 1 unspecified atom stereocenters. The SMILES string of the molecule is C[NH+](CC(=O)Nc1ccc(Cl)cc1)CC(=O)N1CC=C(c2ccccc2)CC1. The van der Waals surface area contributed by atoms with E-state index in [0.29, 0.717) is 30.3 Å². The summed E-state index contributed by atoms with van der Waals surface area (Å²) < 4.78 is 0. The van der Waals surface area contributed by atoms with Crippen molar-refractivity contribution in [2.45, 2.75) is 6.42 Å². The maximum Gasteiger partial charge on any atom is 0.279 e. The summed E-state index contributed by atoms with van der Waals surface area (Å²) in [5.41, 5.74) is 3.20. The lowest BCUT2D eigenvalue weighted by atomic mass is 9.99. The van der Waals surface area contributed by atoms with E-state index < -0.39 is 0 Å². The average molecular weight is 399 g/mol. The maximum atomic E-state index is 12.6. The van der Waals surface area contributed by atoms with Crippen LogP contribution in [0.4, 0.5) is 5.69 Å². The summed E-state index contributed by atoms with van der Waals surface area (Å²) in [5, 5.41) is 3.45. The van der Waals surface area contributed by atoms with Crippen LogP contribution in [-0.2, 0) is 9.59 Å². The molecule has 0 spiro atoms. The van der Waals surface area contributed by atoms with Crippen LogP contribution < -0.4 is 10.2 Å². The minimum atomic E-state index is -0.127. The second-order valence-electron chi connectivity index (χ2n) is 7.05. The van der Waals surface area contributed by atoms with Gasteiger partial charge in [0, 0.05) is 23.8 Å². The summed E-state index contributed by atoms with van der Waals surface area (Å²) in [5.74, 6) is -0.0577. The van der Waals surface area contributed by atoms with E-state index in [1.165, 1.54) is 11.1 Å². The van der Waals surface area contributed by atoms with E-state index in [2.05, 4.69) is 23.5 Å². The molecule has 28 heavy (non-hydrogen) atoms. The largest absolute Gasteiger partial charge is 0.334 e. The Kier molecular flexibility index (Phi) is 6.85. The Hall–Kier alpha value is -2.63. The third kappa shape index (κ3) is 5.68. The van der Waals surface area contributed by atoms with Crippen molar-refractivity contribution in [3.8, 4) is 0 Å². The van der Waals surface area contributed by atoms with Gasteiger partial charge in [-0.1, -0.05) is 48.0 Å². The van der Waals surface area contributed by atoms with E-state index in [4.69, 9.17) is 11.6 Å². The smallest absolute Gasteiger partial charge is 0.279 e. The molecule has 1 atom stereocenters. The molecule has 0 bridgehead atoms. The van der Waals surface area contributed by atoms with Gasteiger partial charge in [-0.25, -0.2) is 0 Å². The molecular weight excluding hydrogens is 374 g/mol. The second kappa shape index (κ2) is 9.53. The zero-order valence-corrected chi connectivity index (χ0v) is 16.7. The fourth-order valence-corrected chi connectivity index (χ4v) is 3.38. The number of hydrogen-bond acceptors (Lipinski definition) is 2. The van der Waals surface area contributed by atoms with Gasteiger partial charge in [0.05, 0.1) is 7.05 Å². The summed E-state index contributed by atoms with van der Waals surface area (Å²) in [6.07, 6.45) is 2.98. The van der Waals surface area contributed by atoms with Gasteiger partial charge >= 0.3 is 0 Å². The number of carbonyl (C=O) groups is 2. The summed E-state index contributed by atoms with van der Waals surface area (Å²) in [4.78, 5) is 27.4. The highest BCUT2D eigenvalue weighted by Crippen LogP contribution is 2.21. The number of benzene rings is 2. The van der Waals surface area contributed by atoms with Crippen LogP contribution >= 0.6 is 11.6 Å². The lowest BCUT2D eigenvalue weighted by molar-refractivity contribution is -0.862. The highest BCUT2D eigenvalue weighted by molar-refractivity contribution is 6.30. The van der Waals surface area contributed by atoms with Crippen molar-refractivity contribution in [2.24, 2.45) is 0 Å². The standard InChI is InChI=1S/C22H24ClN3O2/c1-25(15-21(27)24-20-9-7-19(23)8-10-20)16-22(28)26-13-11-18(12-14-26)17-5-3-2-4-6-17/h2-11H,12-16H2,1H3,(H,24,27)/p+1. The molecule has 2 amide bonds. The lowest BCUT2D eigenvalue weighted by Gasteiger charge is -2.27. The summed E-state index contributed by atoms with van der Waals surface area (Å²) in [6, 6.07) is 17.2. The number of nitrogens with one attached hydrogen (secondary N) is 2. The van der Waals surface area contributed by atoms with Gasteiger partial charge in [-0.2, -0.15) is 0 Å². The van der Waals surface area contributed by atoms with Gasteiger partial charge in [-0.3, -0.25) is 9.59 Å². The number of nitrogens with zero attached hydrogens (tertiary/aromatic N) is 1. The molecule has 2 aromatic rings. The summed E-state index contributed by atoms with van der Waals surface area (Å²) in [6.45, 7) is 1.85. The van der Waals surface area contributed by atoms with Gasteiger partial charge in [0.1, 0.15) is 0 Å². The van der Waals surface area contributed by atoms with Gasteiger partial charge in [0.2, 0.25) is 0 Å². The molecule has 0 aliphatic carbocycles. The quantitative estimate of drug-likeness (QED) is 0.783. The van der Waals surface area contributed by atoms with E-state index in [1.807, 2.05) is 30.1 Å². The normalized spacial score (nSPS) is 14.9. The van der Waals surface area contributed by atoms with Crippen LogP contribution in [0.2, 0.25) is 5.02 Å². The molecule has 0 radical (unpaired) electrons. The topological polar surface area (TPSA) is 53.9 Å². The minimum Gasteiger partial charge on any atom is -0.334 e. The maximum absolute atomic E-state index is 12.6. The molecule has 0 saturated heterocycles. The number of halogens is 1. The molecular formula is C22H25ClN3O2+. The monoisotopic (exact) mass is 398 g/mol. The fraction of sp³-hybridized carbons (Fsp3) is 0.273. The number of amides is 2. The number of anilines is 1. The number of quaternary nitrogens is 1. The van der Waals surface area contributed by atoms with Crippen LogP contribution in [0.25, 0.3) is 5.57 Å². The van der Waals surface area contributed by atoms with Crippen molar-refractivity contribution in [3.05, 3.63) is 71.3 Å². The van der Waals surface area contributed by atoms with E-state index >= 15 is 0 Å². The van der Waals surface area contributed by atoms with E-state index in [-0.39, 0.29) is 18.4 Å². The number of rotatable bonds is 6. The van der Waals surface area contributed by atoms with Crippen molar-refractivity contribution >= 4 is 34.7 Å². The highest BCUT2D eigenvalue weighted by atomic mass is 35.5. The van der Waals surface area contributed by atoms with Gasteiger partial charge < -0.3 is 15.1 Å². The third-order valence-electron chi connectivity index (χ3n) is 4.75. The summed E-state index contributed by atoms with van der Waals surface area (Å²) >= 11 is 5.84. The molecule has 6 heteroatoms. The first kappa shape index (κ1) is 20.1. The molecule has 1 aliphatic heterocycles. The van der Waals surface area contributed by atoms with E-state index in [0.717, 1.165) is 11.3 Å². The molecule has 0 fully saturated rings. The van der Waals surface area contributed by atoms with Gasteiger partial charge in [-0.05, 0) is 41.8 Å². The lowest BCUT2D eigenvalue weighted by Crippen LogP contribution is -3.11. The van der Waals surface area contributed by atoms with Crippen LogP contribution in [0.15, 0.2) is 60.7 Å². The van der Waals surface area contributed by atoms with Crippen molar-refractivity contribution < 1.29 is 14.5 Å². The molecule has 2 N–H and O–H groups in total. The number of carbonyl (C=O) groups excluding carboxylic acids is 2. The van der Waals surface area contributed by atoms with Gasteiger partial charge in [0.25, 0.3) is 11.8 Å². The first-order valence-electron chi connectivity index (χ1n) is 9.40. The van der Waals surface area contributed by atoms with Crippen LogP contribution in [0.3, 0.4) is 0 Å². The predicted molar refractivity (Wildman–Crippen MR) is 112 cm³/mol. The first-order valence-corrected chi connectivity index (χ1v) is 9.78. The molecule has 1 heterocycles. The Morgan fingerprint density at radius 2 is 1.79 bits per heavy atom.